The van der Waals surface area contributed by atoms with Crippen molar-refractivity contribution in [1.29, 1.82) is 0 Å². The Kier molecular flexibility index (Phi) is 7.75. The van der Waals surface area contributed by atoms with Crippen LogP contribution in [0.15, 0.2) is 0 Å². The number of unbranched alkanes of at least 4 members (excludes halogenated alkanes) is 4. The molecule has 0 saturated carbocycles. The first kappa shape index (κ1) is 16.8. The van der Waals surface area contributed by atoms with Crippen LogP contribution in [0.25, 0.3) is 0 Å². The molecule has 0 aliphatic carbocycles. The fourth-order valence-electron chi connectivity index (χ4n) is 2.01. The number of aliphatic hydroxyl groups is 3. The van der Waals surface area contributed by atoms with Gasteiger partial charge in [0.2, 0.25) is 0 Å². The summed E-state index contributed by atoms with van der Waals surface area (Å²) in [7, 11) is 0. The molecule has 0 radical (unpaired) electrons. The van der Waals surface area contributed by atoms with E-state index in [0.717, 1.165) is 12.2 Å². The second kappa shape index (κ2) is 8.79. The Bertz CT molecular complexity index is 274. The molecule has 0 unspecified atom stereocenters. The van der Waals surface area contributed by atoms with Gasteiger partial charge in [0.15, 0.2) is 12.2 Å². The summed E-state index contributed by atoms with van der Waals surface area (Å²) >= 11 is 1.58. The summed E-state index contributed by atoms with van der Waals surface area (Å²) in [6, 6.07) is 0. The second-order valence-corrected chi connectivity index (χ2v) is 6.04. The van der Waals surface area contributed by atoms with Crippen LogP contribution < -0.4 is 0 Å². The summed E-state index contributed by atoms with van der Waals surface area (Å²) in [6.45, 7) is 2.17. The monoisotopic (exact) mass is 292 g/mol. The number of carbonyl (C=O) groups is 1. The smallest absolute Gasteiger partial charge is 0.338 e. The SMILES string of the molecule is CCCCCCCSC[C@@H](O)[C@H]1OC(=O)[C@@H](O)[C@H]1O. The molecule has 0 aromatic rings. The van der Waals surface area contributed by atoms with Crippen molar-refractivity contribution in [3.63, 3.8) is 0 Å². The Morgan fingerprint density at radius 1 is 1.26 bits per heavy atom. The summed E-state index contributed by atoms with van der Waals surface area (Å²) in [6.07, 6.45) is 1.22. The molecule has 1 aliphatic rings. The van der Waals surface area contributed by atoms with Gasteiger partial charge >= 0.3 is 5.97 Å². The van der Waals surface area contributed by atoms with E-state index in [1.165, 1.54) is 25.7 Å². The molecule has 19 heavy (non-hydrogen) atoms. The number of ether oxygens (including phenoxy) is 1. The molecule has 0 spiro atoms. The fourth-order valence-corrected chi connectivity index (χ4v) is 3.01. The summed E-state index contributed by atoms with van der Waals surface area (Å²) in [5.74, 6) is 0.483. The van der Waals surface area contributed by atoms with Crippen LogP contribution in [0.3, 0.4) is 0 Å². The first-order chi connectivity index (χ1) is 9.07. The highest BCUT2D eigenvalue weighted by Crippen LogP contribution is 2.21. The third-order valence-corrected chi connectivity index (χ3v) is 4.37. The van der Waals surface area contributed by atoms with Gasteiger partial charge in [-0.2, -0.15) is 11.8 Å². The lowest BCUT2D eigenvalue weighted by molar-refractivity contribution is -0.150. The third kappa shape index (κ3) is 5.30. The third-order valence-electron chi connectivity index (χ3n) is 3.21. The van der Waals surface area contributed by atoms with Gasteiger partial charge < -0.3 is 20.1 Å². The van der Waals surface area contributed by atoms with Crippen molar-refractivity contribution in [3.8, 4) is 0 Å². The Hall–Kier alpha value is -0.300. The molecule has 4 atom stereocenters. The first-order valence-corrected chi connectivity index (χ1v) is 8.05. The van der Waals surface area contributed by atoms with Crippen molar-refractivity contribution >= 4 is 17.7 Å². The Morgan fingerprint density at radius 3 is 2.53 bits per heavy atom. The van der Waals surface area contributed by atoms with Crippen molar-refractivity contribution in [2.45, 2.75) is 63.4 Å². The zero-order valence-corrected chi connectivity index (χ0v) is 12.1. The van der Waals surface area contributed by atoms with Crippen molar-refractivity contribution < 1.29 is 24.9 Å². The van der Waals surface area contributed by atoms with E-state index in [9.17, 15) is 20.1 Å². The molecule has 6 heteroatoms. The second-order valence-electron chi connectivity index (χ2n) is 4.89. The average molecular weight is 292 g/mol. The van der Waals surface area contributed by atoms with E-state index in [1.54, 1.807) is 11.8 Å². The summed E-state index contributed by atoms with van der Waals surface area (Å²) in [5, 5.41) is 28.6. The van der Waals surface area contributed by atoms with Gasteiger partial charge in [0.05, 0.1) is 0 Å². The van der Waals surface area contributed by atoms with Crippen LogP contribution in [0.4, 0.5) is 0 Å². The van der Waals surface area contributed by atoms with Crippen LogP contribution in [0.5, 0.6) is 0 Å². The minimum atomic E-state index is -1.53. The molecule has 0 aromatic heterocycles. The van der Waals surface area contributed by atoms with Crippen LogP contribution in [0.1, 0.15) is 39.0 Å². The normalized spacial score (nSPS) is 28.4. The van der Waals surface area contributed by atoms with Crippen LogP contribution in [0, 0.1) is 0 Å². The van der Waals surface area contributed by atoms with Gasteiger partial charge in [0, 0.05) is 5.75 Å². The molecule has 0 bridgehead atoms. The minimum Gasteiger partial charge on any atom is -0.455 e. The highest BCUT2D eigenvalue weighted by atomic mass is 32.2. The van der Waals surface area contributed by atoms with E-state index >= 15 is 0 Å². The highest BCUT2D eigenvalue weighted by Gasteiger charge is 2.45. The minimum absolute atomic E-state index is 0.398. The van der Waals surface area contributed by atoms with E-state index in [-0.39, 0.29) is 0 Å². The van der Waals surface area contributed by atoms with Crippen molar-refractivity contribution in [1.82, 2.24) is 0 Å². The summed E-state index contributed by atoms with van der Waals surface area (Å²) in [4.78, 5) is 11.0. The zero-order valence-electron chi connectivity index (χ0n) is 11.3. The van der Waals surface area contributed by atoms with Crippen LogP contribution >= 0.6 is 11.8 Å². The highest BCUT2D eigenvalue weighted by molar-refractivity contribution is 7.99. The van der Waals surface area contributed by atoms with Gasteiger partial charge in [-0.1, -0.05) is 32.6 Å². The number of esters is 1. The molecule has 1 fully saturated rings. The molecule has 1 rings (SSSR count). The lowest BCUT2D eigenvalue weighted by Crippen LogP contribution is -2.39. The summed E-state index contributed by atoms with van der Waals surface area (Å²) in [5.41, 5.74) is 0. The lowest BCUT2D eigenvalue weighted by Gasteiger charge is -2.19. The number of thioether (sulfide) groups is 1. The zero-order chi connectivity index (χ0) is 14.3. The van der Waals surface area contributed by atoms with Gasteiger partial charge in [-0.25, -0.2) is 4.79 Å². The number of hydrogen-bond acceptors (Lipinski definition) is 6. The maximum Gasteiger partial charge on any atom is 0.338 e. The quantitative estimate of drug-likeness (QED) is 0.428. The van der Waals surface area contributed by atoms with E-state index in [2.05, 4.69) is 6.92 Å². The Labute approximate surface area is 118 Å². The molecule has 0 amide bonds. The predicted octanol–water partition coefficient (Wildman–Crippen LogP) is 0.698. The number of rotatable bonds is 9. The molecule has 5 nitrogen and oxygen atoms in total. The van der Waals surface area contributed by atoms with Gasteiger partial charge in [0.1, 0.15) is 12.2 Å². The van der Waals surface area contributed by atoms with Crippen LogP contribution in [-0.4, -0.2) is 57.2 Å². The van der Waals surface area contributed by atoms with Crippen LogP contribution in [-0.2, 0) is 9.53 Å². The van der Waals surface area contributed by atoms with E-state index < -0.39 is 30.4 Å². The van der Waals surface area contributed by atoms with Gasteiger partial charge in [-0.15, -0.1) is 0 Å². The number of cyclic esters (lactones) is 1. The molecule has 1 heterocycles. The first-order valence-electron chi connectivity index (χ1n) is 6.90. The fraction of sp³-hybridized carbons (Fsp3) is 0.923. The topological polar surface area (TPSA) is 87.0 Å². The molecule has 1 aliphatic heterocycles. The van der Waals surface area contributed by atoms with E-state index in [4.69, 9.17) is 4.74 Å². The Balaban J connectivity index is 2.11. The molecular weight excluding hydrogens is 268 g/mol. The molecule has 0 aromatic carbocycles. The van der Waals surface area contributed by atoms with Gasteiger partial charge in [0.25, 0.3) is 0 Å². The molecule has 3 N–H and O–H groups in total. The standard InChI is InChI=1S/C13H24O5S/c1-2-3-4-5-6-7-19-8-9(14)12-10(15)11(16)13(17)18-12/h9-12,14-16H,2-8H2,1H3/t9-,10-,11+,12-/m1/s1. The average Bonchev–Trinajstić information content (AvgIpc) is 2.65. The molecule has 1 saturated heterocycles. The van der Waals surface area contributed by atoms with E-state index in [0.29, 0.717) is 5.75 Å². The molecular formula is C13H24O5S. The largest absolute Gasteiger partial charge is 0.455 e. The Morgan fingerprint density at radius 2 is 1.95 bits per heavy atom. The van der Waals surface area contributed by atoms with Crippen LogP contribution in [0.2, 0.25) is 0 Å². The van der Waals surface area contributed by atoms with Gasteiger partial charge in [-0.3, -0.25) is 0 Å². The maximum atomic E-state index is 11.0. The van der Waals surface area contributed by atoms with Crippen molar-refractivity contribution in [2.24, 2.45) is 0 Å². The van der Waals surface area contributed by atoms with E-state index in [1.807, 2.05) is 0 Å². The molecule has 112 valence electrons. The predicted molar refractivity (Wildman–Crippen MR) is 74.0 cm³/mol. The maximum absolute atomic E-state index is 11.0. The number of carbonyl (C=O) groups excluding carboxylic acids is 1. The lowest BCUT2D eigenvalue weighted by atomic mass is 10.1. The van der Waals surface area contributed by atoms with Crippen molar-refractivity contribution in [2.75, 3.05) is 11.5 Å². The number of aliphatic hydroxyl groups excluding tert-OH is 3. The number of hydrogen-bond donors (Lipinski definition) is 3. The van der Waals surface area contributed by atoms with Crippen molar-refractivity contribution in [3.05, 3.63) is 0 Å². The van der Waals surface area contributed by atoms with Gasteiger partial charge in [-0.05, 0) is 12.2 Å². The summed E-state index contributed by atoms with van der Waals surface area (Å²) < 4.78 is 4.76.